The van der Waals surface area contributed by atoms with E-state index in [1.54, 1.807) is 30.3 Å². The van der Waals surface area contributed by atoms with Gasteiger partial charge in [0.25, 0.3) is 11.5 Å². The molecule has 1 amide bonds. The number of nitrogens with zero attached hydrogens (tertiary/aromatic N) is 3. The van der Waals surface area contributed by atoms with Crippen LogP contribution in [-0.4, -0.2) is 27.7 Å². The number of aryl methyl sites for hydroxylation is 1. The number of amides is 1. The predicted octanol–water partition coefficient (Wildman–Crippen LogP) is 3.08. The van der Waals surface area contributed by atoms with Gasteiger partial charge in [-0.2, -0.15) is 0 Å². The molecule has 0 radical (unpaired) electrons. The Morgan fingerprint density at radius 2 is 2.03 bits per heavy atom. The molecular weight excluding hydrogens is 368 g/mol. The predicted molar refractivity (Wildman–Crippen MR) is 110 cm³/mol. The molecule has 0 aliphatic carbocycles. The van der Waals surface area contributed by atoms with E-state index in [4.69, 9.17) is 4.52 Å². The normalized spacial score (nSPS) is 11.0. The highest BCUT2D eigenvalue weighted by molar-refractivity contribution is 5.93. The Morgan fingerprint density at radius 1 is 1.21 bits per heavy atom. The monoisotopic (exact) mass is 388 g/mol. The summed E-state index contributed by atoms with van der Waals surface area (Å²) in [7, 11) is 1.57. The van der Waals surface area contributed by atoms with Crippen molar-refractivity contribution in [1.82, 2.24) is 20.0 Å². The number of benzene rings is 1. The van der Waals surface area contributed by atoms with Crippen molar-refractivity contribution in [3.8, 4) is 11.1 Å². The van der Waals surface area contributed by atoms with Crippen molar-refractivity contribution in [3.63, 3.8) is 0 Å². The number of carbonyl (C=O) groups excluding carboxylic acids is 1. The van der Waals surface area contributed by atoms with E-state index in [2.05, 4.69) is 15.5 Å². The summed E-state index contributed by atoms with van der Waals surface area (Å²) in [6.45, 7) is 4.08. The standard InChI is InChI=1S/C22H20N4O3/c1-13-17(6-8-24-20(13)21(27)23-3)11-26-9-7-16-10-15(4-5-18(16)22(26)28)19-12-29-25-14(19)2/h4-10,12H,11H2,1-3H3,(H,23,27). The smallest absolute Gasteiger partial charge is 0.269 e. The lowest BCUT2D eigenvalue weighted by atomic mass is 10.0. The number of hydrogen-bond donors (Lipinski definition) is 1. The zero-order valence-corrected chi connectivity index (χ0v) is 16.4. The summed E-state index contributed by atoms with van der Waals surface area (Å²) in [6.07, 6.45) is 4.97. The van der Waals surface area contributed by atoms with E-state index in [0.29, 0.717) is 17.6 Å². The number of rotatable bonds is 4. The van der Waals surface area contributed by atoms with Gasteiger partial charge in [-0.15, -0.1) is 0 Å². The van der Waals surface area contributed by atoms with Crippen LogP contribution in [0.25, 0.3) is 21.9 Å². The quantitative estimate of drug-likeness (QED) is 0.580. The Labute approximate surface area is 167 Å². The molecule has 3 heterocycles. The Morgan fingerprint density at radius 3 is 2.76 bits per heavy atom. The first-order chi connectivity index (χ1) is 14.0. The number of nitrogens with one attached hydrogen (secondary N) is 1. The molecule has 4 aromatic rings. The number of aromatic nitrogens is 3. The van der Waals surface area contributed by atoms with Crippen molar-refractivity contribution in [2.75, 3.05) is 7.05 Å². The van der Waals surface area contributed by atoms with E-state index >= 15 is 0 Å². The van der Waals surface area contributed by atoms with Crippen LogP contribution in [0.1, 0.15) is 27.3 Å². The van der Waals surface area contributed by atoms with Gasteiger partial charge in [0.2, 0.25) is 0 Å². The number of hydrogen-bond acceptors (Lipinski definition) is 5. The van der Waals surface area contributed by atoms with Gasteiger partial charge in [-0.3, -0.25) is 14.6 Å². The summed E-state index contributed by atoms with van der Waals surface area (Å²) in [5.74, 6) is -0.244. The second kappa shape index (κ2) is 7.35. The SMILES string of the molecule is CNC(=O)c1nccc(Cn2ccc3cc(-c4conc4C)ccc3c2=O)c1C. The molecule has 0 bridgehead atoms. The molecule has 1 N–H and O–H groups in total. The van der Waals surface area contributed by atoms with E-state index in [9.17, 15) is 9.59 Å². The second-order valence-electron chi connectivity index (χ2n) is 6.89. The first-order valence-corrected chi connectivity index (χ1v) is 9.20. The van der Waals surface area contributed by atoms with Crippen LogP contribution in [-0.2, 0) is 6.54 Å². The van der Waals surface area contributed by atoms with E-state index in [1.165, 1.54) is 0 Å². The highest BCUT2D eigenvalue weighted by atomic mass is 16.5. The highest BCUT2D eigenvalue weighted by Crippen LogP contribution is 2.25. The minimum absolute atomic E-state index is 0.0891. The van der Waals surface area contributed by atoms with Gasteiger partial charge >= 0.3 is 0 Å². The molecule has 0 unspecified atom stereocenters. The maximum atomic E-state index is 13.0. The molecule has 3 aromatic heterocycles. The van der Waals surface area contributed by atoms with E-state index in [1.807, 2.05) is 44.2 Å². The largest absolute Gasteiger partial charge is 0.364 e. The Hall–Kier alpha value is -3.74. The van der Waals surface area contributed by atoms with Crippen LogP contribution in [0.15, 0.2) is 58.3 Å². The van der Waals surface area contributed by atoms with Crippen LogP contribution in [0.3, 0.4) is 0 Å². The van der Waals surface area contributed by atoms with Gasteiger partial charge in [-0.25, -0.2) is 0 Å². The van der Waals surface area contributed by atoms with Crippen LogP contribution in [0.5, 0.6) is 0 Å². The fraction of sp³-hybridized carbons (Fsp3) is 0.182. The summed E-state index contributed by atoms with van der Waals surface area (Å²) >= 11 is 0. The van der Waals surface area contributed by atoms with Gasteiger partial charge in [-0.1, -0.05) is 11.2 Å². The third kappa shape index (κ3) is 3.31. The Kier molecular flexibility index (Phi) is 4.72. The summed E-state index contributed by atoms with van der Waals surface area (Å²) in [5.41, 5.74) is 4.58. The van der Waals surface area contributed by atoms with Gasteiger partial charge in [-0.05, 0) is 60.2 Å². The van der Waals surface area contributed by atoms with Gasteiger partial charge in [0.05, 0.1) is 12.2 Å². The van der Waals surface area contributed by atoms with Crippen LogP contribution in [0.4, 0.5) is 0 Å². The first-order valence-electron chi connectivity index (χ1n) is 9.20. The molecule has 0 aliphatic heterocycles. The number of carbonyl (C=O) groups is 1. The molecule has 0 spiro atoms. The van der Waals surface area contributed by atoms with Crippen LogP contribution < -0.4 is 10.9 Å². The summed E-state index contributed by atoms with van der Waals surface area (Å²) in [4.78, 5) is 29.2. The molecule has 146 valence electrons. The third-order valence-corrected chi connectivity index (χ3v) is 5.14. The number of fused-ring (bicyclic) bond motifs is 1. The molecule has 0 aliphatic rings. The molecule has 1 aromatic carbocycles. The molecule has 4 rings (SSSR count). The summed E-state index contributed by atoms with van der Waals surface area (Å²) in [5, 5.41) is 7.98. The molecule has 0 fully saturated rings. The van der Waals surface area contributed by atoms with E-state index < -0.39 is 0 Å². The van der Waals surface area contributed by atoms with Gasteiger partial charge in [0, 0.05) is 30.4 Å². The summed E-state index contributed by atoms with van der Waals surface area (Å²) < 4.78 is 6.66. The van der Waals surface area contributed by atoms with Gasteiger partial charge in [0.15, 0.2) is 0 Å². The topological polar surface area (TPSA) is 90.0 Å². The lowest BCUT2D eigenvalue weighted by Gasteiger charge is -2.12. The van der Waals surface area contributed by atoms with Crippen LogP contribution in [0, 0.1) is 13.8 Å². The van der Waals surface area contributed by atoms with Crippen molar-refractivity contribution in [2.24, 2.45) is 0 Å². The lowest BCUT2D eigenvalue weighted by molar-refractivity contribution is 0.0957. The number of pyridine rings is 2. The lowest BCUT2D eigenvalue weighted by Crippen LogP contribution is -2.23. The zero-order valence-electron chi connectivity index (χ0n) is 16.4. The first kappa shape index (κ1) is 18.6. The third-order valence-electron chi connectivity index (χ3n) is 5.14. The van der Waals surface area contributed by atoms with Crippen LogP contribution >= 0.6 is 0 Å². The molecule has 0 saturated carbocycles. The average Bonchev–Trinajstić information content (AvgIpc) is 3.16. The fourth-order valence-corrected chi connectivity index (χ4v) is 3.43. The van der Waals surface area contributed by atoms with Crippen molar-refractivity contribution in [1.29, 1.82) is 0 Å². The van der Waals surface area contributed by atoms with Gasteiger partial charge in [0.1, 0.15) is 12.0 Å². The Balaban J connectivity index is 1.73. The van der Waals surface area contributed by atoms with Crippen molar-refractivity contribution in [2.45, 2.75) is 20.4 Å². The minimum atomic E-state index is -0.244. The van der Waals surface area contributed by atoms with E-state index in [0.717, 1.165) is 33.3 Å². The molecule has 0 saturated heterocycles. The molecule has 7 nitrogen and oxygen atoms in total. The molecule has 29 heavy (non-hydrogen) atoms. The van der Waals surface area contributed by atoms with Crippen molar-refractivity contribution >= 4 is 16.7 Å². The Bertz CT molecular complexity index is 1290. The zero-order chi connectivity index (χ0) is 20.5. The molecule has 7 heteroatoms. The highest BCUT2D eigenvalue weighted by Gasteiger charge is 2.13. The van der Waals surface area contributed by atoms with E-state index in [-0.39, 0.29) is 11.5 Å². The van der Waals surface area contributed by atoms with Crippen LogP contribution in [0.2, 0.25) is 0 Å². The van der Waals surface area contributed by atoms with Gasteiger partial charge < -0.3 is 14.4 Å². The average molecular weight is 388 g/mol. The molecule has 0 atom stereocenters. The second-order valence-corrected chi connectivity index (χ2v) is 6.89. The molecular formula is C22H20N4O3. The summed E-state index contributed by atoms with van der Waals surface area (Å²) in [6, 6.07) is 9.43. The minimum Gasteiger partial charge on any atom is -0.364 e. The van der Waals surface area contributed by atoms with Crippen molar-refractivity contribution in [3.05, 3.63) is 81.9 Å². The maximum Gasteiger partial charge on any atom is 0.269 e. The fourth-order valence-electron chi connectivity index (χ4n) is 3.43. The maximum absolute atomic E-state index is 13.0. The van der Waals surface area contributed by atoms with Crippen molar-refractivity contribution < 1.29 is 9.32 Å².